The van der Waals surface area contributed by atoms with Gasteiger partial charge in [0.25, 0.3) is 0 Å². The van der Waals surface area contributed by atoms with E-state index in [1.54, 1.807) is 0 Å². The fourth-order valence-electron chi connectivity index (χ4n) is 5.48. The molecule has 1 N–H and O–H groups in total. The van der Waals surface area contributed by atoms with Gasteiger partial charge in [-0.2, -0.15) is 0 Å². The summed E-state index contributed by atoms with van der Waals surface area (Å²) in [6.07, 6.45) is 2.04. The highest BCUT2D eigenvalue weighted by Crippen LogP contribution is 2.44. The number of hydrogen-bond donors (Lipinski definition) is 1. The van der Waals surface area contributed by atoms with Crippen LogP contribution >= 0.6 is 0 Å². The lowest BCUT2D eigenvalue weighted by atomic mass is 9.97. The molecule has 0 radical (unpaired) electrons. The molecule has 1 aromatic heterocycles. The fourth-order valence-corrected chi connectivity index (χ4v) is 5.48. The molecular weight excluding hydrogens is 456 g/mol. The molecule has 0 aliphatic carbocycles. The second-order valence-electron chi connectivity index (χ2n) is 9.66. The highest BCUT2D eigenvalue weighted by Gasteiger charge is 2.30. The molecule has 1 fully saturated rings. The standard InChI is InChI=1S/C28H30N4O4/c1-16-26(17(2)30-28(29-16)32-11-4-5-12-32)22-8-6-7-20-23(14-35-27(20)22)31-19-9-10-21-24(13-19)34-15-25(21)36-18(3)33/h6-10,13,23,25,31H,4-5,11-12,14-15H2,1-3H3/t23-,25-/m1/s1. The van der Waals surface area contributed by atoms with E-state index in [2.05, 4.69) is 42.3 Å². The zero-order valence-corrected chi connectivity index (χ0v) is 20.8. The number of esters is 1. The van der Waals surface area contributed by atoms with Gasteiger partial charge >= 0.3 is 5.97 Å². The molecule has 0 saturated carbocycles. The summed E-state index contributed by atoms with van der Waals surface area (Å²) in [6.45, 7) is 8.43. The Labute approximate surface area is 210 Å². The number of benzene rings is 2. The van der Waals surface area contributed by atoms with Crippen molar-refractivity contribution < 1.29 is 19.0 Å². The predicted octanol–water partition coefficient (Wildman–Crippen LogP) is 4.90. The maximum absolute atomic E-state index is 11.4. The van der Waals surface area contributed by atoms with Crippen molar-refractivity contribution in [2.45, 2.75) is 45.8 Å². The average Bonchev–Trinajstić information content (AvgIpc) is 3.60. The van der Waals surface area contributed by atoms with Crippen LogP contribution < -0.4 is 19.7 Å². The van der Waals surface area contributed by atoms with E-state index < -0.39 is 0 Å². The molecule has 0 spiro atoms. The maximum Gasteiger partial charge on any atom is 0.303 e. The van der Waals surface area contributed by atoms with Crippen LogP contribution in [0, 0.1) is 13.8 Å². The smallest absolute Gasteiger partial charge is 0.303 e. The van der Waals surface area contributed by atoms with Crippen LogP contribution in [0.25, 0.3) is 11.1 Å². The van der Waals surface area contributed by atoms with Gasteiger partial charge in [0.2, 0.25) is 5.95 Å². The molecule has 36 heavy (non-hydrogen) atoms. The Morgan fingerprint density at radius 3 is 2.56 bits per heavy atom. The van der Waals surface area contributed by atoms with Crippen LogP contribution in [-0.2, 0) is 9.53 Å². The molecular formula is C28H30N4O4. The number of anilines is 2. The number of aromatic nitrogens is 2. The first-order valence-corrected chi connectivity index (χ1v) is 12.5. The van der Waals surface area contributed by atoms with Gasteiger partial charge in [-0.1, -0.05) is 18.2 Å². The van der Waals surface area contributed by atoms with Crippen molar-refractivity contribution in [3.8, 4) is 22.6 Å². The number of hydrogen-bond acceptors (Lipinski definition) is 8. The molecule has 4 heterocycles. The minimum Gasteiger partial charge on any atom is -0.490 e. The lowest BCUT2D eigenvalue weighted by molar-refractivity contribution is -0.147. The molecule has 0 bridgehead atoms. The highest BCUT2D eigenvalue weighted by molar-refractivity contribution is 5.77. The van der Waals surface area contributed by atoms with Crippen LogP contribution in [0.4, 0.5) is 11.6 Å². The Morgan fingerprint density at radius 2 is 1.81 bits per heavy atom. The highest BCUT2D eigenvalue weighted by atomic mass is 16.6. The summed E-state index contributed by atoms with van der Waals surface area (Å²) < 4.78 is 17.4. The first kappa shape index (κ1) is 22.6. The lowest BCUT2D eigenvalue weighted by Crippen LogP contribution is -2.21. The zero-order chi connectivity index (χ0) is 24.8. The quantitative estimate of drug-likeness (QED) is 0.510. The van der Waals surface area contributed by atoms with E-state index in [9.17, 15) is 4.79 Å². The maximum atomic E-state index is 11.4. The SMILES string of the molecule is CC(=O)O[C@@H]1COc2cc(N[C@@H]3COc4c(-c5c(C)nc(N6CCCC6)nc5C)cccc43)ccc21. The van der Waals surface area contributed by atoms with Gasteiger partial charge in [0, 0.05) is 54.0 Å². The van der Waals surface area contributed by atoms with Crippen LogP contribution in [0.3, 0.4) is 0 Å². The third-order valence-electron chi connectivity index (χ3n) is 7.13. The predicted molar refractivity (Wildman–Crippen MR) is 137 cm³/mol. The number of ether oxygens (including phenoxy) is 3. The van der Waals surface area contributed by atoms with Crippen molar-refractivity contribution in [2.24, 2.45) is 0 Å². The average molecular weight is 487 g/mol. The second-order valence-corrected chi connectivity index (χ2v) is 9.66. The van der Waals surface area contributed by atoms with Crippen molar-refractivity contribution in [3.63, 3.8) is 0 Å². The molecule has 1 saturated heterocycles. The molecule has 2 atom stereocenters. The van der Waals surface area contributed by atoms with Crippen molar-refractivity contribution >= 4 is 17.6 Å². The number of nitrogens with one attached hydrogen (secondary N) is 1. The summed E-state index contributed by atoms with van der Waals surface area (Å²) in [6, 6.07) is 12.2. The van der Waals surface area contributed by atoms with Crippen LogP contribution in [0.5, 0.6) is 11.5 Å². The number of carbonyl (C=O) groups is 1. The minimum atomic E-state index is -0.352. The molecule has 0 amide bonds. The molecule has 186 valence electrons. The van der Waals surface area contributed by atoms with Gasteiger partial charge in [-0.15, -0.1) is 0 Å². The van der Waals surface area contributed by atoms with Gasteiger partial charge in [0.15, 0.2) is 6.10 Å². The topological polar surface area (TPSA) is 85.8 Å². The third-order valence-corrected chi connectivity index (χ3v) is 7.13. The van der Waals surface area contributed by atoms with Crippen LogP contribution in [-0.4, -0.2) is 42.2 Å². The van der Waals surface area contributed by atoms with Crippen molar-refractivity contribution in [1.82, 2.24) is 9.97 Å². The Balaban J connectivity index is 1.26. The molecule has 3 aliphatic rings. The van der Waals surface area contributed by atoms with E-state index in [1.807, 2.05) is 18.2 Å². The number of nitrogens with zero attached hydrogens (tertiary/aromatic N) is 3. The van der Waals surface area contributed by atoms with E-state index in [0.29, 0.717) is 13.2 Å². The molecule has 0 unspecified atom stereocenters. The van der Waals surface area contributed by atoms with Crippen LogP contribution in [0.1, 0.15) is 54.4 Å². The summed E-state index contributed by atoms with van der Waals surface area (Å²) >= 11 is 0. The van der Waals surface area contributed by atoms with E-state index in [1.165, 1.54) is 19.8 Å². The largest absolute Gasteiger partial charge is 0.490 e. The van der Waals surface area contributed by atoms with Gasteiger partial charge in [0.05, 0.1) is 17.4 Å². The first-order chi connectivity index (χ1) is 17.5. The summed E-state index contributed by atoms with van der Waals surface area (Å²) in [5.41, 5.74) is 6.93. The monoisotopic (exact) mass is 486 g/mol. The Hall–Kier alpha value is -3.81. The van der Waals surface area contributed by atoms with Gasteiger partial charge in [0.1, 0.15) is 24.7 Å². The van der Waals surface area contributed by atoms with Gasteiger partial charge in [-0.05, 0) is 38.8 Å². The summed E-state index contributed by atoms with van der Waals surface area (Å²) in [4.78, 5) is 23.3. The molecule has 3 aliphatic heterocycles. The molecule has 2 aromatic carbocycles. The van der Waals surface area contributed by atoms with E-state index >= 15 is 0 Å². The van der Waals surface area contributed by atoms with E-state index in [4.69, 9.17) is 24.2 Å². The third kappa shape index (κ3) is 4.00. The number of carbonyl (C=O) groups excluding carboxylic acids is 1. The number of aryl methyl sites for hydroxylation is 2. The van der Waals surface area contributed by atoms with Gasteiger partial charge in [-0.3, -0.25) is 4.79 Å². The summed E-state index contributed by atoms with van der Waals surface area (Å²) in [5, 5.41) is 3.59. The minimum absolute atomic E-state index is 0.00549. The first-order valence-electron chi connectivity index (χ1n) is 12.5. The fraction of sp³-hybridized carbons (Fsp3) is 0.393. The van der Waals surface area contributed by atoms with Gasteiger partial charge in [-0.25, -0.2) is 9.97 Å². The number of rotatable bonds is 5. The lowest BCUT2D eigenvalue weighted by Gasteiger charge is -2.19. The summed E-state index contributed by atoms with van der Waals surface area (Å²) in [7, 11) is 0. The Bertz CT molecular complexity index is 1310. The molecule has 6 rings (SSSR count). The summed E-state index contributed by atoms with van der Waals surface area (Å²) in [5.74, 6) is 2.14. The van der Waals surface area contributed by atoms with Crippen LogP contribution in [0.15, 0.2) is 36.4 Å². The number of para-hydroxylation sites is 1. The molecule has 3 aromatic rings. The molecule has 8 heteroatoms. The van der Waals surface area contributed by atoms with Crippen molar-refractivity contribution in [3.05, 3.63) is 58.9 Å². The van der Waals surface area contributed by atoms with Crippen molar-refractivity contribution in [2.75, 3.05) is 36.5 Å². The second kappa shape index (κ2) is 9.00. The Morgan fingerprint density at radius 1 is 1.03 bits per heavy atom. The van der Waals surface area contributed by atoms with Crippen LogP contribution in [0.2, 0.25) is 0 Å². The normalized spacial score (nSPS) is 19.9. The van der Waals surface area contributed by atoms with E-state index in [0.717, 1.165) is 69.9 Å². The zero-order valence-electron chi connectivity index (χ0n) is 20.8. The Kier molecular flexibility index (Phi) is 5.66. The van der Waals surface area contributed by atoms with Gasteiger partial charge < -0.3 is 24.4 Å². The number of fused-ring (bicyclic) bond motifs is 2. The van der Waals surface area contributed by atoms with E-state index in [-0.39, 0.29) is 18.1 Å². The molecule has 8 nitrogen and oxygen atoms in total. The van der Waals surface area contributed by atoms with Crippen molar-refractivity contribution in [1.29, 1.82) is 0 Å².